The van der Waals surface area contributed by atoms with E-state index < -0.39 is 17.5 Å². The molecule has 32 heavy (non-hydrogen) atoms. The maximum absolute atomic E-state index is 14.3. The molecule has 1 aromatic heterocycles. The van der Waals surface area contributed by atoms with Crippen molar-refractivity contribution < 1.29 is 18.3 Å². The van der Waals surface area contributed by atoms with Crippen molar-refractivity contribution in [1.82, 2.24) is 4.57 Å². The van der Waals surface area contributed by atoms with Crippen LogP contribution >= 0.6 is 0 Å². The van der Waals surface area contributed by atoms with Gasteiger partial charge in [0.25, 0.3) is 11.5 Å². The van der Waals surface area contributed by atoms with Crippen LogP contribution in [0.2, 0.25) is 0 Å². The van der Waals surface area contributed by atoms with Crippen LogP contribution in [0.5, 0.6) is 11.5 Å². The van der Waals surface area contributed by atoms with E-state index in [-0.39, 0.29) is 11.3 Å². The van der Waals surface area contributed by atoms with Crippen molar-refractivity contribution >= 4 is 11.6 Å². The summed E-state index contributed by atoms with van der Waals surface area (Å²) < 4.78 is 34.9. The lowest BCUT2D eigenvalue weighted by Gasteiger charge is -2.22. The third kappa shape index (κ3) is 4.12. The molecule has 1 heterocycles. The Morgan fingerprint density at radius 1 is 1.06 bits per heavy atom. The number of hydrogen-bond donors (Lipinski definition) is 1. The maximum atomic E-state index is 14.3. The Morgan fingerprint density at radius 3 is 2.50 bits per heavy atom. The lowest BCUT2D eigenvalue weighted by atomic mass is 9.87. The summed E-state index contributed by atoms with van der Waals surface area (Å²) in [5.41, 5.74) is 3.33. The number of hydrogen-bond acceptors (Lipinski definition) is 3. The van der Waals surface area contributed by atoms with Crippen molar-refractivity contribution in [3.63, 3.8) is 0 Å². The number of aromatic nitrogens is 1. The molecule has 3 aromatic rings. The van der Waals surface area contributed by atoms with Crippen LogP contribution in [0.3, 0.4) is 0 Å². The highest BCUT2D eigenvalue weighted by Crippen LogP contribution is 2.39. The van der Waals surface area contributed by atoms with Crippen molar-refractivity contribution in [1.29, 1.82) is 0 Å². The summed E-state index contributed by atoms with van der Waals surface area (Å²) in [4.78, 5) is 24.4. The molecule has 0 aliphatic heterocycles. The molecular formula is C25H20F2N2O3. The van der Waals surface area contributed by atoms with Gasteiger partial charge in [0.1, 0.15) is 11.6 Å². The number of carbonyl (C=O) groups is 1. The lowest BCUT2D eigenvalue weighted by molar-refractivity contribution is -0.111. The van der Waals surface area contributed by atoms with Crippen molar-refractivity contribution in [2.75, 3.05) is 5.32 Å². The van der Waals surface area contributed by atoms with Crippen LogP contribution < -0.4 is 15.6 Å². The highest BCUT2D eigenvalue weighted by molar-refractivity contribution is 6.04. The molecular weight excluding hydrogens is 414 g/mol. The first-order valence-electron chi connectivity index (χ1n) is 10.1. The van der Waals surface area contributed by atoms with Crippen LogP contribution in [-0.2, 0) is 24.7 Å². The Kier molecular flexibility index (Phi) is 5.78. The fourth-order valence-corrected chi connectivity index (χ4v) is 3.96. The van der Waals surface area contributed by atoms with Gasteiger partial charge in [-0.2, -0.15) is 0 Å². The van der Waals surface area contributed by atoms with E-state index in [0.29, 0.717) is 29.8 Å². The zero-order chi connectivity index (χ0) is 22.8. The van der Waals surface area contributed by atoms with E-state index in [1.165, 1.54) is 10.6 Å². The minimum Gasteiger partial charge on any atom is -0.454 e. The Balaban J connectivity index is 1.90. The smallest absolute Gasteiger partial charge is 0.300 e. The number of benzene rings is 2. The molecule has 0 unspecified atom stereocenters. The van der Waals surface area contributed by atoms with Gasteiger partial charge in [-0.05, 0) is 67.5 Å². The summed E-state index contributed by atoms with van der Waals surface area (Å²) in [6.07, 6.45) is 10.1. The van der Waals surface area contributed by atoms with E-state index in [1.807, 2.05) is 5.92 Å². The molecule has 1 N–H and O–H groups in total. The van der Waals surface area contributed by atoms with Gasteiger partial charge < -0.3 is 14.6 Å². The maximum Gasteiger partial charge on any atom is 0.300 e. The second kappa shape index (κ2) is 8.67. The fourth-order valence-electron chi connectivity index (χ4n) is 3.96. The molecule has 4 rings (SSSR count). The monoisotopic (exact) mass is 434 g/mol. The highest BCUT2D eigenvalue weighted by atomic mass is 19.1. The molecule has 0 saturated carbocycles. The normalized spacial score (nSPS) is 12.6. The van der Waals surface area contributed by atoms with Gasteiger partial charge >= 0.3 is 0 Å². The number of fused-ring (bicyclic) bond motifs is 1. The van der Waals surface area contributed by atoms with Gasteiger partial charge in [0.2, 0.25) is 0 Å². The van der Waals surface area contributed by atoms with E-state index in [1.54, 1.807) is 31.4 Å². The van der Waals surface area contributed by atoms with Crippen LogP contribution in [0.15, 0.2) is 47.4 Å². The molecule has 0 spiro atoms. The number of nitrogens with zero attached hydrogens (tertiary/aromatic N) is 1. The number of rotatable bonds is 4. The zero-order valence-electron chi connectivity index (χ0n) is 17.4. The molecule has 1 amide bonds. The van der Waals surface area contributed by atoms with E-state index in [9.17, 15) is 18.4 Å². The predicted molar refractivity (Wildman–Crippen MR) is 118 cm³/mol. The Hall–Kier alpha value is -3.92. The first kappa shape index (κ1) is 21.3. The van der Waals surface area contributed by atoms with Gasteiger partial charge in [-0.1, -0.05) is 0 Å². The van der Waals surface area contributed by atoms with Crippen LogP contribution in [0.4, 0.5) is 14.5 Å². The van der Waals surface area contributed by atoms with Crippen LogP contribution in [0.1, 0.15) is 24.0 Å². The molecule has 0 radical (unpaired) electrons. The first-order chi connectivity index (χ1) is 15.4. The minimum atomic E-state index is -0.844. The number of nitrogens with one attached hydrogen (secondary N) is 1. The molecule has 0 saturated heterocycles. The molecule has 0 bridgehead atoms. The first-order valence-corrected chi connectivity index (χ1v) is 10.1. The van der Waals surface area contributed by atoms with Gasteiger partial charge in [0.15, 0.2) is 11.6 Å². The molecule has 1 aliphatic rings. The van der Waals surface area contributed by atoms with Gasteiger partial charge in [-0.15, -0.1) is 6.42 Å². The molecule has 0 atom stereocenters. The predicted octanol–water partition coefficient (Wildman–Crippen LogP) is 4.57. The summed E-state index contributed by atoms with van der Waals surface area (Å²) in [6, 6.07) is 7.87. The van der Waals surface area contributed by atoms with E-state index >= 15 is 0 Å². The van der Waals surface area contributed by atoms with Gasteiger partial charge in [-0.3, -0.25) is 9.59 Å². The largest absolute Gasteiger partial charge is 0.454 e. The number of pyridine rings is 1. The zero-order valence-corrected chi connectivity index (χ0v) is 17.4. The molecule has 162 valence electrons. The van der Waals surface area contributed by atoms with Crippen molar-refractivity contribution in [3.05, 3.63) is 75.7 Å². The third-order valence-electron chi connectivity index (χ3n) is 5.47. The standard InChI is InChI=1S/C25H20F2N2O3/c1-3-24(30)28-16-9-11-22(32-23-10-8-15(26)12-21(23)27)19(13-16)20-14-29(2)25(31)18-7-5-4-6-17(18)20/h1,8-14H,4-7H2,2H3,(H,28,30). The van der Waals surface area contributed by atoms with E-state index in [0.717, 1.165) is 41.7 Å². The quantitative estimate of drug-likeness (QED) is 0.612. The van der Waals surface area contributed by atoms with Gasteiger partial charge in [0.05, 0.1) is 0 Å². The minimum absolute atomic E-state index is 0.0488. The number of anilines is 1. The van der Waals surface area contributed by atoms with Crippen LogP contribution in [0.25, 0.3) is 11.1 Å². The Bertz CT molecular complexity index is 1320. The molecule has 5 nitrogen and oxygen atoms in total. The molecule has 2 aromatic carbocycles. The third-order valence-corrected chi connectivity index (χ3v) is 5.47. The highest BCUT2D eigenvalue weighted by Gasteiger charge is 2.22. The number of carbonyl (C=O) groups excluding carboxylic acids is 1. The fraction of sp³-hybridized carbons (Fsp3) is 0.200. The summed E-state index contributed by atoms with van der Waals surface area (Å²) in [7, 11) is 1.67. The van der Waals surface area contributed by atoms with Crippen molar-refractivity contribution in [2.45, 2.75) is 25.7 Å². The molecule has 1 aliphatic carbocycles. The topological polar surface area (TPSA) is 60.3 Å². The van der Waals surface area contributed by atoms with Crippen LogP contribution in [-0.4, -0.2) is 10.5 Å². The van der Waals surface area contributed by atoms with Crippen molar-refractivity contribution in [2.24, 2.45) is 7.05 Å². The van der Waals surface area contributed by atoms with E-state index in [2.05, 4.69) is 5.32 Å². The molecule has 7 heteroatoms. The van der Waals surface area contributed by atoms with Crippen LogP contribution in [0, 0.1) is 24.0 Å². The number of halogens is 2. The number of ether oxygens (including phenoxy) is 1. The second-order valence-corrected chi connectivity index (χ2v) is 7.61. The summed E-state index contributed by atoms with van der Waals surface area (Å²) >= 11 is 0. The van der Waals surface area contributed by atoms with Gasteiger partial charge in [0, 0.05) is 41.7 Å². The summed E-state index contributed by atoms with van der Waals surface area (Å²) in [5, 5.41) is 2.59. The number of amides is 1. The van der Waals surface area contributed by atoms with E-state index in [4.69, 9.17) is 11.2 Å². The SMILES string of the molecule is C#CC(=O)Nc1ccc(Oc2ccc(F)cc2F)c(-c2cn(C)c(=O)c3c2CCCC3)c1. The average molecular weight is 434 g/mol. The number of aryl methyl sites for hydroxylation is 1. The van der Waals surface area contributed by atoms with Crippen molar-refractivity contribution in [3.8, 4) is 35.0 Å². The van der Waals surface area contributed by atoms with Gasteiger partial charge in [-0.25, -0.2) is 8.78 Å². The lowest BCUT2D eigenvalue weighted by Crippen LogP contribution is -2.25. The average Bonchev–Trinajstić information content (AvgIpc) is 2.79. The second-order valence-electron chi connectivity index (χ2n) is 7.61. The summed E-state index contributed by atoms with van der Waals surface area (Å²) in [5.74, 6) is -0.0316. The number of terminal acetylenes is 1. The Labute approximate surface area is 183 Å². The Morgan fingerprint density at radius 2 is 1.78 bits per heavy atom. The molecule has 0 fully saturated rings. The summed E-state index contributed by atoms with van der Waals surface area (Å²) in [6.45, 7) is 0.